The molecule has 2 rings (SSSR count). The number of hydrogen-bond acceptors (Lipinski definition) is 2. The average molecular weight is 317 g/mol. The van der Waals surface area contributed by atoms with Gasteiger partial charge in [0, 0.05) is 32.7 Å². The zero-order chi connectivity index (χ0) is 16.3. The molecule has 0 N–H and O–H groups in total. The number of benzene rings is 1. The Labute approximate surface area is 143 Å². The summed E-state index contributed by atoms with van der Waals surface area (Å²) in [5.74, 6) is 0. The van der Waals surface area contributed by atoms with E-state index in [0.29, 0.717) is 0 Å². The predicted octanol–water partition coefficient (Wildman–Crippen LogP) is 4.86. The summed E-state index contributed by atoms with van der Waals surface area (Å²) < 4.78 is 0. The van der Waals surface area contributed by atoms with E-state index in [4.69, 9.17) is 0 Å². The van der Waals surface area contributed by atoms with Gasteiger partial charge in [-0.2, -0.15) is 0 Å². The molecule has 0 aliphatic carbocycles. The summed E-state index contributed by atoms with van der Waals surface area (Å²) in [5.41, 5.74) is 2.81. The summed E-state index contributed by atoms with van der Waals surface area (Å²) in [6.07, 6.45) is 9.91. The summed E-state index contributed by atoms with van der Waals surface area (Å²) in [6, 6.07) is 9.01. The van der Waals surface area contributed by atoms with Crippen LogP contribution in [0.25, 0.3) is 0 Å². The first kappa shape index (κ1) is 18.5. The molecule has 130 valence electrons. The maximum absolute atomic E-state index is 2.66. The normalized spacial score (nSPS) is 16.8. The molecule has 0 radical (unpaired) electrons. The van der Waals surface area contributed by atoms with Crippen LogP contribution in [0.1, 0.15) is 63.0 Å². The molecule has 1 fully saturated rings. The summed E-state index contributed by atoms with van der Waals surface area (Å²) >= 11 is 0. The molecular weight excluding hydrogens is 280 g/mol. The maximum Gasteiger partial charge on any atom is 0.0234 e. The molecule has 0 amide bonds. The third-order valence-electron chi connectivity index (χ3n) is 5.07. The Kier molecular flexibility index (Phi) is 8.70. The fraction of sp³-hybridized carbons (Fsp3) is 0.714. The highest BCUT2D eigenvalue weighted by atomic mass is 15.3. The monoisotopic (exact) mass is 316 g/mol. The van der Waals surface area contributed by atoms with Gasteiger partial charge in [-0.15, -0.1) is 0 Å². The van der Waals surface area contributed by atoms with Crippen LogP contribution in [0.3, 0.4) is 0 Å². The minimum Gasteiger partial charge on any atom is -0.301 e. The second-order valence-corrected chi connectivity index (χ2v) is 7.22. The van der Waals surface area contributed by atoms with Crippen LogP contribution in [0, 0.1) is 6.92 Å². The van der Waals surface area contributed by atoms with E-state index in [1.807, 2.05) is 0 Å². The molecule has 1 saturated heterocycles. The van der Waals surface area contributed by atoms with E-state index >= 15 is 0 Å². The van der Waals surface area contributed by atoms with E-state index in [1.54, 1.807) is 0 Å². The van der Waals surface area contributed by atoms with Gasteiger partial charge in [0.15, 0.2) is 0 Å². The van der Waals surface area contributed by atoms with E-state index in [1.165, 1.54) is 88.8 Å². The van der Waals surface area contributed by atoms with Crippen LogP contribution in [0.15, 0.2) is 24.3 Å². The van der Waals surface area contributed by atoms with E-state index in [9.17, 15) is 0 Å². The van der Waals surface area contributed by atoms with Crippen LogP contribution >= 0.6 is 0 Å². The summed E-state index contributed by atoms with van der Waals surface area (Å²) in [5, 5.41) is 0. The minimum atomic E-state index is 1.12. The number of hydrogen-bond donors (Lipinski definition) is 0. The molecule has 23 heavy (non-hydrogen) atoms. The van der Waals surface area contributed by atoms with Gasteiger partial charge in [-0.1, -0.05) is 75.3 Å². The van der Waals surface area contributed by atoms with E-state index in [0.717, 1.165) is 6.54 Å². The van der Waals surface area contributed by atoms with Gasteiger partial charge in [0.1, 0.15) is 0 Å². The summed E-state index contributed by atoms with van der Waals surface area (Å²) in [4.78, 5) is 5.27. The van der Waals surface area contributed by atoms with Crippen molar-refractivity contribution in [2.24, 2.45) is 0 Å². The highest BCUT2D eigenvalue weighted by Crippen LogP contribution is 2.11. The van der Waals surface area contributed by atoms with Crippen molar-refractivity contribution >= 4 is 0 Å². The number of nitrogens with zero attached hydrogens (tertiary/aromatic N) is 2. The minimum absolute atomic E-state index is 1.12. The number of rotatable bonds is 10. The van der Waals surface area contributed by atoms with E-state index < -0.39 is 0 Å². The molecule has 2 heteroatoms. The Morgan fingerprint density at radius 2 is 1.30 bits per heavy atom. The molecular formula is C21H36N2. The molecule has 0 aromatic heterocycles. The average Bonchev–Trinajstić information content (AvgIpc) is 2.58. The van der Waals surface area contributed by atoms with E-state index in [2.05, 4.69) is 47.9 Å². The van der Waals surface area contributed by atoms with Crippen molar-refractivity contribution in [2.45, 2.75) is 65.3 Å². The summed E-state index contributed by atoms with van der Waals surface area (Å²) in [6.45, 7) is 11.8. The van der Waals surface area contributed by atoms with Gasteiger partial charge in [-0.25, -0.2) is 0 Å². The molecule has 1 aliphatic heterocycles. The fourth-order valence-electron chi connectivity index (χ4n) is 3.42. The molecule has 0 bridgehead atoms. The van der Waals surface area contributed by atoms with Gasteiger partial charge < -0.3 is 4.90 Å². The quantitative estimate of drug-likeness (QED) is 0.569. The van der Waals surface area contributed by atoms with Crippen LogP contribution in [0.4, 0.5) is 0 Å². The fourth-order valence-corrected chi connectivity index (χ4v) is 3.42. The molecule has 1 aliphatic rings. The van der Waals surface area contributed by atoms with Crippen molar-refractivity contribution in [1.29, 1.82) is 0 Å². The van der Waals surface area contributed by atoms with Gasteiger partial charge in [0.25, 0.3) is 0 Å². The summed E-state index contributed by atoms with van der Waals surface area (Å²) in [7, 11) is 0. The van der Waals surface area contributed by atoms with Crippen molar-refractivity contribution in [1.82, 2.24) is 9.80 Å². The molecule has 0 atom stereocenters. The van der Waals surface area contributed by atoms with Crippen molar-refractivity contribution in [3.8, 4) is 0 Å². The number of aryl methyl sites for hydroxylation is 1. The van der Waals surface area contributed by atoms with Crippen LogP contribution in [-0.2, 0) is 6.54 Å². The largest absolute Gasteiger partial charge is 0.301 e. The third-order valence-corrected chi connectivity index (χ3v) is 5.07. The van der Waals surface area contributed by atoms with Crippen molar-refractivity contribution in [2.75, 3.05) is 32.7 Å². The smallest absolute Gasteiger partial charge is 0.0234 e. The SMILES string of the molecule is CCCCCCCCCN1CCN(Cc2ccc(C)cc2)CC1. The molecule has 1 aromatic rings. The lowest BCUT2D eigenvalue weighted by Crippen LogP contribution is -2.46. The van der Waals surface area contributed by atoms with Crippen LogP contribution < -0.4 is 0 Å². The second kappa shape index (κ2) is 10.8. The lowest BCUT2D eigenvalue weighted by atomic mass is 10.1. The Hall–Kier alpha value is -0.860. The third kappa shape index (κ3) is 7.50. The lowest BCUT2D eigenvalue weighted by Gasteiger charge is -2.34. The topological polar surface area (TPSA) is 6.48 Å². The Morgan fingerprint density at radius 1 is 0.739 bits per heavy atom. The number of unbranched alkanes of at least 4 members (excludes halogenated alkanes) is 6. The van der Waals surface area contributed by atoms with Gasteiger partial charge >= 0.3 is 0 Å². The van der Waals surface area contributed by atoms with Gasteiger partial charge in [-0.05, 0) is 25.5 Å². The molecule has 1 aromatic carbocycles. The molecule has 0 unspecified atom stereocenters. The molecule has 0 spiro atoms. The van der Waals surface area contributed by atoms with E-state index in [-0.39, 0.29) is 0 Å². The first-order chi connectivity index (χ1) is 11.3. The molecule has 0 saturated carbocycles. The maximum atomic E-state index is 2.66. The zero-order valence-electron chi connectivity index (χ0n) is 15.4. The first-order valence-corrected chi connectivity index (χ1v) is 9.78. The van der Waals surface area contributed by atoms with Crippen molar-refractivity contribution in [3.63, 3.8) is 0 Å². The Morgan fingerprint density at radius 3 is 1.96 bits per heavy atom. The standard InChI is InChI=1S/C21H36N2/c1-3-4-5-6-7-8-9-14-22-15-17-23(18-16-22)19-21-12-10-20(2)11-13-21/h10-13H,3-9,14-19H2,1-2H3. The Bertz CT molecular complexity index is 404. The first-order valence-electron chi connectivity index (χ1n) is 9.78. The van der Waals surface area contributed by atoms with Crippen molar-refractivity contribution < 1.29 is 0 Å². The molecule has 1 heterocycles. The van der Waals surface area contributed by atoms with Crippen LogP contribution in [0.2, 0.25) is 0 Å². The van der Waals surface area contributed by atoms with Crippen molar-refractivity contribution in [3.05, 3.63) is 35.4 Å². The highest BCUT2D eigenvalue weighted by Gasteiger charge is 2.16. The van der Waals surface area contributed by atoms with Crippen LogP contribution in [0.5, 0.6) is 0 Å². The zero-order valence-corrected chi connectivity index (χ0v) is 15.4. The predicted molar refractivity (Wildman–Crippen MR) is 101 cm³/mol. The van der Waals surface area contributed by atoms with Gasteiger partial charge in [0.05, 0.1) is 0 Å². The molecule has 2 nitrogen and oxygen atoms in total. The number of piperazine rings is 1. The lowest BCUT2D eigenvalue weighted by molar-refractivity contribution is 0.125. The Balaban J connectivity index is 1.53. The second-order valence-electron chi connectivity index (χ2n) is 7.22. The highest BCUT2D eigenvalue weighted by molar-refractivity contribution is 5.21. The van der Waals surface area contributed by atoms with Gasteiger partial charge in [-0.3, -0.25) is 4.90 Å². The van der Waals surface area contributed by atoms with Crippen LogP contribution in [-0.4, -0.2) is 42.5 Å². The van der Waals surface area contributed by atoms with Gasteiger partial charge in [0.2, 0.25) is 0 Å².